The molecule has 0 aromatic carbocycles. The van der Waals surface area contributed by atoms with Crippen molar-refractivity contribution in [3.05, 3.63) is 12.3 Å². The summed E-state index contributed by atoms with van der Waals surface area (Å²) in [4.78, 5) is 0. The van der Waals surface area contributed by atoms with E-state index < -0.39 is 0 Å². The van der Waals surface area contributed by atoms with Gasteiger partial charge in [0.15, 0.2) is 0 Å². The van der Waals surface area contributed by atoms with Crippen LogP contribution >= 0.6 is 0 Å². The third-order valence-corrected chi connectivity index (χ3v) is 0.236. The molecule has 0 amide bonds. The minimum atomic E-state index is 1.75. The molecule has 0 aliphatic rings. The lowest BCUT2D eigenvalue weighted by atomic mass is 10.7. The number of hydrogen-bond acceptors (Lipinski definition) is 0. The van der Waals surface area contributed by atoms with Gasteiger partial charge in [-0.2, -0.15) is 0 Å². The van der Waals surface area contributed by atoms with Crippen LogP contribution in [0.2, 0.25) is 0 Å². The normalized spacial score (nSPS) is 9.50. The van der Waals surface area contributed by atoms with Gasteiger partial charge in [-0.05, 0) is 13.0 Å². The van der Waals surface area contributed by atoms with E-state index >= 15 is 0 Å². The van der Waals surface area contributed by atoms with E-state index in [-0.39, 0.29) is 0 Å². The van der Waals surface area contributed by atoms with E-state index in [1.165, 1.54) is 0 Å². The predicted molar refractivity (Wildman–Crippen MR) is 17.7 cm³/mol. The summed E-state index contributed by atoms with van der Waals surface area (Å²) in [5.41, 5.74) is 3.42. The number of quaternary nitrogens is 1. The molecular formula is C3H8N+. The molecule has 24 valence electrons. The summed E-state index contributed by atoms with van der Waals surface area (Å²) in [6.45, 7) is 1.94. The largest absolute Gasteiger partial charge is 0.332 e. The molecule has 0 aromatic rings. The first-order chi connectivity index (χ1) is 1.91. The van der Waals surface area contributed by atoms with E-state index in [0.29, 0.717) is 0 Å². The van der Waals surface area contributed by atoms with Crippen molar-refractivity contribution in [1.29, 1.82) is 0 Å². The van der Waals surface area contributed by atoms with Gasteiger partial charge in [0, 0.05) is 0 Å². The maximum Gasteiger partial charge on any atom is 0.0865 e. The zero-order chi connectivity index (χ0) is 3.41. The maximum atomic E-state index is 3.42. The van der Waals surface area contributed by atoms with Crippen molar-refractivity contribution in [2.45, 2.75) is 6.92 Å². The molecule has 0 spiro atoms. The van der Waals surface area contributed by atoms with Crippen molar-refractivity contribution in [2.75, 3.05) is 0 Å². The monoisotopic (exact) mass is 58.1 g/mol. The van der Waals surface area contributed by atoms with Crippen LogP contribution in [0.25, 0.3) is 0 Å². The third-order valence-electron chi connectivity index (χ3n) is 0.236. The molecule has 0 heterocycles. The summed E-state index contributed by atoms with van der Waals surface area (Å²) in [6.07, 6.45) is 3.64. The fourth-order valence-electron chi connectivity index (χ4n) is 0. The lowest BCUT2D eigenvalue weighted by molar-refractivity contribution is -0.275. The van der Waals surface area contributed by atoms with Gasteiger partial charge >= 0.3 is 0 Å². The average molecular weight is 58.1 g/mol. The van der Waals surface area contributed by atoms with Crippen LogP contribution in [0.1, 0.15) is 6.92 Å². The van der Waals surface area contributed by atoms with Crippen LogP contribution in [0, 0.1) is 0 Å². The van der Waals surface area contributed by atoms with Crippen LogP contribution in [0.5, 0.6) is 0 Å². The van der Waals surface area contributed by atoms with Crippen molar-refractivity contribution >= 4 is 0 Å². The predicted octanol–water partition coefficient (Wildman–Crippen LogP) is -0.238. The molecule has 0 radical (unpaired) electrons. The van der Waals surface area contributed by atoms with Gasteiger partial charge in [0.1, 0.15) is 0 Å². The highest BCUT2D eigenvalue weighted by atomic mass is 14.5. The van der Waals surface area contributed by atoms with Gasteiger partial charge in [-0.15, -0.1) is 0 Å². The molecule has 0 atom stereocenters. The van der Waals surface area contributed by atoms with Gasteiger partial charge in [0.25, 0.3) is 0 Å². The molecule has 0 aliphatic carbocycles. The summed E-state index contributed by atoms with van der Waals surface area (Å²) in [6, 6.07) is 0. The standard InChI is InChI=1S/C3H7N/c1-2-3-4/h2-3H,4H2,1H3/p+1/b3-2+. The van der Waals surface area contributed by atoms with Crippen LogP contribution in [-0.4, -0.2) is 0 Å². The Morgan fingerprint density at radius 2 is 2.00 bits per heavy atom. The second kappa shape index (κ2) is 2.70. The van der Waals surface area contributed by atoms with E-state index in [1.54, 1.807) is 6.20 Å². The Bertz CT molecular complexity index is 18.5. The second-order valence-corrected chi connectivity index (χ2v) is 0.569. The Morgan fingerprint density at radius 1 is 1.75 bits per heavy atom. The minimum absolute atomic E-state index is 1.75. The molecule has 0 aliphatic heterocycles. The van der Waals surface area contributed by atoms with Crippen LogP contribution < -0.4 is 5.73 Å². The lowest BCUT2D eigenvalue weighted by Crippen LogP contribution is -2.38. The molecule has 0 aromatic heterocycles. The maximum absolute atomic E-state index is 3.42. The Kier molecular flexibility index (Phi) is 2.50. The Balaban J connectivity index is 2.55. The van der Waals surface area contributed by atoms with Gasteiger partial charge in [-0.1, -0.05) is 0 Å². The zero-order valence-corrected chi connectivity index (χ0v) is 2.86. The average Bonchev–Trinajstić information content (AvgIpc) is 1.37. The number of allylic oxidation sites excluding steroid dienone is 1. The van der Waals surface area contributed by atoms with E-state index in [0.717, 1.165) is 0 Å². The summed E-state index contributed by atoms with van der Waals surface area (Å²) >= 11 is 0. The highest BCUT2D eigenvalue weighted by Crippen LogP contribution is 1.44. The molecule has 0 unspecified atom stereocenters. The van der Waals surface area contributed by atoms with E-state index in [1.807, 2.05) is 13.0 Å². The molecule has 0 rings (SSSR count). The van der Waals surface area contributed by atoms with Gasteiger partial charge in [0.2, 0.25) is 0 Å². The van der Waals surface area contributed by atoms with Crippen molar-refractivity contribution in [3.8, 4) is 0 Å². The highest BCUT2D eigenvalue weighted by Gasteiger charge is 1.38. The molecule has 3 N–H and O–H groups in total. The van der Waals surface area contributed by atoms with Crippen LogP contribution in [0.3, 0.4) is 0 Å². The van der Waals surface area contributed by atoms with Crippen molar-refractivity contribution in [2.24, 2.45) is 0 Å². The fourth-order valence-corrected chi connectivity index (χ4v) is 0. The molecule has 4 heavy (non-hydrogen) atoms. The molecule has 0 saturated heterocycles. The molecule has 0 saturated carbocycles. The van der Waals surface area contributed by atoms with Crippen molar-refractivity contribution < 1.29 is 5.73 Å². The molecule has 1 nitrogen and oxygen atoms in total. The summed E-state index contributed by atoms with van der Waals surface area (Å²) in [7, 11) is 0. The second-order valence-electron chi connectivity index (χ2n) is 0.569. The lowest BCUT2D eigenvalue weighted by Gasteiger charge is -1.47. The third kappa shape index (κ3) is 1.70. The first-order valence-electron chi connectivity index (χ1n) is 1.32. The quantitative estimate of drug-likeness (QED) is 0.398. The van der Waals surface area contributed by atoms with E-state index in [4.69, 9.17) is 0 Å². The highest BCUT2D eigenvalue weighted by molar-refractivity contribution is 4.58. The molecule has 0 bridgehead atoms. The van der Waals surface area contributed by atoms with Crippen LogP contribution in [-0.2, 0) is 0 Å². The van der Waals surface area contributed by atoms with Gasteiger partial charge in [0.05, 0.1) is 6.20 Å². The first kappa shape index (κ1) is 3.70. The summed E-state index contributed by atoms with van der Waals surface area (Å²) in [5, 5.41) is 0. The Labute approximate surface area is 26.1 Å². The summed E-state index contributed by atoms with van der Waals surface area (Å²) in [5.74, 6) is 0. The first-order valence-corrected chi connectivity index (χ1v) is 1.32. The SMILES string of the molecule is C/C=C/[NH3+]. The molecule has 1 heteroatoms. The minimum Gasteiger partial charge on any atom is -0.332 e. The van der Waals surface area contributed by atoms with E-state index in [2.05, 4.69) is 5.73 Å². The topological polar surface area (TPSA) is 27.6 Å². The van der Waals surface area contributed by atoms with Crippen molar-refractivity contribution in [1.82, 2.24) is 0 Å². The van der Waals surface area contributed by atoms with Gasteiger partial charge in [-0.25, -0.2) is 0 Å². The molecular weight excluding hydrogens is 50.0 g/mol. The Hall–Kier alpha value is -0.300. The Morgan fingerprint density at radius 3 is 2.00 bits per heavy atom. The summed E-state index contributed by atoms with van der Waals surface area (Å²) < 4.78 is 0. The zero-order valence-electron chi connectivity index (χ0n) is 2.86. The number of rotatable bonds is 0. The van der Waals surface area contributed by atoms with Crippen molar-refractivity contribution in [3.63, 3.8) is 0 Å². The molecule has 0 fully saturated rings. The van der Waals surface area contributed by atoms with E-state index in [9.17, 15) is 0 Å². The van der Waals surface area contributed by atoms with Crippen LogP contribution in [0.15, 0.2) is 12.3 Å². The van der Waals surface area contributed by atoms with Gasteiger partial charge < -0.3 is 5.73 Å². The fraction of sp³-hybridized carbons (Fsp3) is 0.333. The smallest absolute Gasteiger partial charge is 0.0865 e. The number of hydrogen-bond donors (Lipinski definition) is 1. The van der Waals surface area contributed by atoms with Crippen LogP contribution in [0.4, 0.5) is 0 Å². The van der Waals surface area contributed by atoms with Gasteiger partial charge in [-0.3, -0.25) is 0 Å².